The van der Waals surface area contributed by atoms with Gasteiger partial charge in [-0.2, -0.15) is 5.10 Å². The molecule has 3 aromatic rings. The molecule has 1 fully saturated rings. The normalized spacial score (nSPS) is 15.5. The van der Waals surface area contributed by atoms with E-state index in [4.69, 9.17) is 4.74 Å². The smallest absolute Gasteiger partial charge is 0.226 e. The number of aryl methyl sites for hydroxylation is 1. The van der Waals surface area contributed by atoms with Gasteiger partial charge in [0.15, 0.2) is 0 Å². The predicted octanol–water partition coefficient (Wildman–Crippen LogP) is 4.15. The fourth-order valence-corrected chi connectivity index (χ4v) is 4.20. The lowest BCUT2D eigenvalue weighted by molar-refractivity contribution is -0.136. The maximum Gasteiger partial charge on any atom is 0.226 e. The average molecular weight is 422 g/mol. The Balaban J connectivity index is 1.47. The molecule has 1 saturated heterocycles. The molecular weight excluding hydrogens is 393 g/mol. The number of hydrogen-bond donors (Lipinski definition) is 1. The molecule has 0 aliphatic carbocycles. The van der Waals surface area contributed by atoms with Gasteiger partial charge < -0.3 is 10.1 Å². The zero-order valence-electron chi connectivity index (χ0n) is 17.8. The van der Waals surface area contributed by atoms with E-state index in [1.54, 1.807) is 12.1 Å². The van der Waals surface area contributed by atoms with Crippen LogP contribution in [0, 0.1) is 18.2 Å². The molecule has 2 aromatic carbocycles. The van der Waals surface area contributed by atoms with Gasteiger partial charge in [0.2, 0.25) is 5.91 Å². The van der Waals surface area contributed by atoms with Crippen LogP contribution in [0.1, 0.15) is 24.1 Å². The second-order valence-corrected chi connectivity index (χ2v) is 8.25. The summed E-state index contributed by atoms with van der Waals surface area (Å²) in [6.07, 6.45) is 3.96. The zero-order valence-corrected chi connectivity index (χ0v) is 17.8. The van der Waals surface area contributed by atoms with Gasteiger partial charge in [-0.15, -0.1) is 0 Å². The number of carbonyl (C=O) groups excluding carboxylic acids is 1. The first-order valence-electron chi connectivity index (χ1n) is 10.8. The lowest BCUT2D eigenvalue weighted by atomic mass is 9.74. The van der Waals surface area contributed by atoms with Crippen molar-refractivity contribution < 1.29 is 13.9 Å². The van der Waals surface area contributed by atoms with Crippen LogP contribution in [0.2, 0.25) is 0 Å². The highest BCUT2D eigenvalue weighted by molar-refractivity contribution is 5.83. The van der Waals surface area contributed by atoms with E-state index < -0.39 is 5.41 Å². The molecule has 4 rings (SSSR count). The van der Waals surface area contributed by atoms with Crippen LogP contribution in [0.3, 0.4) is 0 Å². The molecule has 0 bridgehead atoms. The molecule has 0 radical (unpaired) electrons. The van der Waals surface area contributed by atoms with Crippen molar-refractivity contribution in [3.8, 4) is 11.1 Å². The van der Waals surface area contributed by atoms with Gasteiger partial charge in [0.1, 0.15) is 5.82 Å². The SMILES string of the molecule is Cc1ccn(CCNC(=O)C2(Cc3cccc(-c4ccc(F)cc4)c3)CCOCC2)n1. The summed E-state index contributed by atoms with van der Waals surface area (Å²) in [4.78, 5) is 13.3. The van der Waals surface area contributed by atoms with E-state index in [1.165, 1.54) is 12.1 Å². The maximum atomic E-state index is 13.3. The Kier molecular flexibility index (Phi) is 6.47. The van der Waals surface area contributed by atoms with Gasteiger partial charge in [0, 0.05) is 26.0 Å². The molecule has 1 amide bonds. The minimum absolute atomic E-state index is 0.0758. The van der Waals surface area contributed by atoms with Crippen LogP contribution in [0.15, 0.2) is 60.8 Å². The lowest BCUT2D eigenvalue weighted by Crippen LogP contribution is -2.46. The minimum Gasteiger partial charge on any atom is -0.381 e. The highest BCUT2D eigenvalue weighted by Gasteiger charge is 2.39. The molecule has 1 aliphatic rings. The summed E-state index contributed by atoms with van der Waals surface area (Å²) in [5, 5.41) is 7.50. The Morgan fingerprint density at radius 1 is 1.13 bits per heavy atom. The first-order chi connectivity index (χ1) is 15.0. The summed E-state index contributed by atoms with van der Waals surface area (Å²) in [6, 6.07) is 16.6. The highest BCUT2D eigenvalue weighted by atomic mass is 19.1. The number of aromatic nitrogens is 2. The monoisotopic (exact) mass is 421 g/mol. The topological polar surface area (TPSA) is 56.2 Å². The first-order valence-corrected chi connectivity index (χ1v) is 10.8. The third kappa shape index (κ3) is 5.20. The molecule has 5 nitrogen and oxygen atoms in total. The standard InChI is InChI=1S/C25H28FN3O2/c1-19-9-13-29(28-19)14-12-27-24(30)25(10-15-31-16-11-25)18-20-3-2-4-22(17-20)21-5-7-23(26)8-6-21/h2-9,13,17H,10-12,14-16,18H2,1H3,(H,27,30). The van der Waals surface area contributed by atoms with Crippen molar-refractivity contribution in [2.24, 2.45) is 5.41 Å². The molecule has 0 unspecified atom stereocenters. The van der Waals surface area contributed by atoms with Crippen molar-refractivity contribution in [1.82, 2.24) is 15.1 Å². The number of rotatable bonds is 7. The van der Waals surface area contributed by atoms with Crippen molar-refractivity contribution in [2.45, 2.75) is 32.7 Å². The maximum absolute atomic E-state index is 13.3. The van der Waals surface area contributed by atoms with E-state index in [2.05, 4.69) is 22.5 Å². The highest BCUT2D eigenvalue weighted by Crippen LogP contribution is 2.35. The van der Waals surface area contributed by atoms with Crippen molar-refractivity contribution in [1.29, 1.82) is 0 Å². The van der Waals surface area contributed by atoms with Gasteiger partial charge in [-0.05, 0) is 61.1 Å². The number of hydrogen-bond acceptors (Lipinski definition) is 3. The van der Waals surface area contributed by atoms with Crippen LogP contribution in [0.5, 0.6) is 0 Å². The molecule has 6 heteroatoms. The Labute approximate surface area is 182 Å². The summed E-state index contributed by atoms with van der Waals surface area (Å²) >= 11 is 0. The Morgan fingerprint density at radius 3 is 2.61 bits per heavy atom. The van der Waals surface area contributed by atoms with Crippen molar-refractivity contribution in [2.75, 3.05) is 19.8 Å². The van der Waals surface area contributed by atoms with E-state index in [0.29, 0.717) is 45.6 Å². The van der Waals surface area contributed by atoms with Gasteiger partial charge in [-0.1, -0.05) is 36.4 Å². The van der Waals surface area contributed by atoms with Crippen molar-refractivity contribution >= 4 is 5.91 Å². The third-order valence-electron chi connectivity index (χ3n) is 5.98. The molecule has 162 valence electrons. The van der Waals surface area contributed by atoms with Crippen LogP contribution < -0.4 is 5.32 Å². The molecule has 31 heavy (non-hydrogen) atoms. The number of nitrogens with zero attached hydrogens (tertiary/aromatic N) is 2. The van der Waals surface area contributed by atoms with Crippen LogP contribution in [0.25, 0.3) is 11.1 Å². The van der Waals surface area contributed by atoms with Crippen molar-refractivity contribution in [3.05, 3.63) is 77.9 Å². The van der Waals surface area contributed by atoms with E-state index in [0.717, 1.165) is 22.4 Å². The Hall–Kier alpha value is -2.99. The fraction of sp³-hybridized carbons (Fsp3) is 0.360. The molecule has 2 heterocycles. The average Bonchev–Trinajstić information content (AvgIpc) is 3.20. The quantitative estimate of drug-likeness (QED) is 0.623. The Bertz CT molecular complexity index is 1020. The van der Waals surface area contributed by atoms with Crippen LogP contribution in [-0.4, -0.2) is 35.4 Å². The summed E-state index contributed by atoms with van der Waals surface area (Å²) < 4.78 is 20.7. The van der Waals surface area contributed by atoms with Crippen LogP contribution >= 0.6 is 0 Å². The predicted molar refractivity (Wildman–Crippen MR) is 118 cm³/mol. The van der Waals surface area contributed by atoms with E-state index in [-0.39, 0.29) is 11.7 Å². The number of ether oxygens (including phenoxy) is 1. The summed E-state index contributed by atoms with van der Waals surface area (Å²) in [6.45, 7) is 4.31. The first kappa shape index (κ1) is 21.2. The second-order valence-electron chi connectivity index (χ2n) is 8.25. The summed E-state index contributed by atoms with van der Waals surface area (Å²) in [5.41, 5.74) is 3.56. The van der Waals surface area contributed by atoms with Crippen LogP contribution in [0.4, 0.5) is 4.39 Å². The van der Waals surface area contributed by atoms with Gasteiger partial charge in [-0.3, -0.25) is 9.48 Å². The molecule has 1 aliphatic heterocycles. The zero-order chi connectivity index (χ0) is 21.7. The Morgan fingerprint density at radius 2 is 1.90 bits per heavy atom. The molecule has 1 aromatic heterocycles. The largest absolute Gasteiger partial charge is 0.381 e. The van der Waals surface area contributed by atoms with E-state index in [9.17, 15) is 9.18 Å². The number of amides is 1. The fourth-order valence-electron chi connectivity index (χ4n) is 4.20. The minimum atomic E-state index is -0.486. The molecular formula is C25H28FN3O2. The number of halogens is 1. The van der Waals surface area contributed by atoms with Crippen molar-refractivity contribution in [3.63, 3.8) is 0 Å². The summed E-state index contributed by atoms with van der Waals surface area (Å²) in [5.74, 6) is -0.171. The van der Waals surface area contributed by atoms with Gasteiger partial charge in [0.05, 0.1) is 17.7 Å². The molecule has 1 N–H and O–H groups in total. The van der Waals surface area contributed by atoms with E-state index in [1.807, 2.05) is 36.0 Å². The van der Waals surface area contributed by atoms with Gasteiger partial charge in [0.25, 0.3) is 0 Å². The van der Waals surface area contributed by atoms with Crippen LogP contribution in [-0.2, 0) is 22.5 Å². The lowest BCUT2D eigenvalue weighted by Gasteiger charge is -2.36. The van der Waals surface area contributed by atoms with E-state index >= 15 is 0 Å². The molecule has 0 saturated carbocycles. The summed E-state index contributed by atoms with van der Waals surface area (Å²) in [7, 11) is 0. The number of benzene rings is 2. The molecule has 0 spiro atoms. The number of nitrogens with one attached hydrogen (secondary N) is 1. The number of carbonyl (C=O) groups is 1. The van der Waals surface area contributed by atoms with Gasteiger partial charge >= 0.3 is 0 Å². The third-order valence-corrected chi connectivity index (χ3v) is 5.98. The second kappa shape index (κ2) is 9.43. The molecule has 0 atom stereocenters. The van der Waals surface area contributed by atoms with Gasteiger partial charge in [-0.25, -0.2) is 4.39 Å².